The number of alkyl halides is 3. The lowest BCUT2D eigenvalue weighted by molar-refractivity contribution is -0.171. The topological polar surface area (TPSA) is 38.8 Å². The number of benzene rings is 2. The van der Waals surface area contributed by atoms with E-state index in [4.69, 9.17) is 9.47 Å². The highest BCUT2D eigenvalue weighted by molar-refractivity contribution is 5.71. The molecule has 1 unspecified atom stereocenters. The molecule has 1 aliphatic rings. The van der Waals surface area contributed by atoms with E-state index in [1.165, 1.54) is 24.1 Å². The average molecular weight is 365 g/mol. The molecule has 4 nitrogen and oxygen atoms in total. The summed E-state index contributed by atoms with van der Waals surface area (Å²) in [6.07, 6.45) is -6.52. The number of hydrogen-bond donors (Lipinski definition) is 0. The Kier molecular flexibility index (Phi) is 4.80. The van der Waals surface area contributed by atoms with Crippen molar-refractivity contribution in [2.24, 2.45) is 0 Å². The smallest absolute Gasteiger partial charge is 0.411 e. The van der Waals surface area contributed by atoms with Crippen LogP contribution >= 0.6 is 0 Å². The monoisotopic (exact) mass is 365 g/mol. The van der Waals surface area contributed by atoms with Gasteiger partial charge in [-0.15, -0.1) is 0 Å². The SMILES string of the molecule is COc1cccc(C2(CC(F)(F)F)CN(Cc3ccccc3)C(=O)O2)c1. The van der Waals surface area contributed by atoms with Gasteiger partial charge in [-0.25, -0.2) is 4.79 Å². The van der Waals surface area contributed by atoms with Gasteiger partial charge in [-0.05, 0) is 17.7 Å². The highest BCUT2D eigenvalue weighted by Gasteiger charge is 2.53. The molecule has 0 saturated carbocycles. The summed E-state index contributed by atoms with van der Waals surface area (Å²) in [5.74, 6) is 0.404. The van der Waals surface area contributed by atoms with Crippen molar-refractivity contribution in [2.45, 2.75) is 24.7 Å². The Hall–Kier alpha value is -2.70. The Labute approximate surface area is 149 Å². The van der Waals surface area contributed by atoms with Crippen molar-refractivity contribution in [3.63, 3.8) is 0 Å². The quantitative estimate of drug-likeness (QED) is 0.783. The van der Waals surface area contributed by atoms with Crippen LogP contribution in [0.25, 0.3) is 0 Å². The molecule has 1 saturated heterocycles. The number of hydrogen-bond acceptors (Lipinski definition) is 3. The summed E-state index contributed by atoms with van der Waals surface area (Å²) in [5, 5.41) is 0. The zero-order valence-electron chi connectivity index (χ0n) is 14.1. The number of amides is 1. The van der Waals surface area contributed by atoms with Crippen molar-refractivity contribution >= 4 is 6.09 Å². The van der Waals surface area contributed by atoms with Crippen LogP contribution in [0.3, 0.4) is 0 Å². The van der Waals surface area contributed by atoms with E-state index in [0.29, 0.717) is 5.75 Å². The van der Waals surface area contributed by atoms with Crippen molar-refractivity contribution in [1.29, 1.82) is 0 Å². The summed E-state index contributed by atoms with van der Waals surface area (Å²) in [6.45, 7) is -0.00332. The van der Waals surface area contributed by atoms with E-state index >= 15 is 0 Å². The lowest BCUT2D eigenvalue weighted by Gasteiger charge is -2.28. The molecule has 138 valence electrons. The predicted octanol–water partition coefficient (Wildman–Crippen LogP) is 4.50. The first kappa shape index (κ1) is 18.1. The van der Waals surface area contributed by atoms with Gasteiger partial charge < -0.3 is 9.47 Å². The molecule has 1 aliphatic heterocycles. The zero-order chi connectivity index (χ0) is 18.8. The molecule has 1 atom stereocenters. The number of carbonyl (C=O) groups excluding carboxylic acids is 1. The van der Waals surface area contributed by atoms with Crippen molar-refractivity contribution in [3.05, 3.63) is 65.7 Å². The molecule has 3 rings (SSSR count). The van der Waals surface area contributed by atoms with Gasteiger partial charge in [-0.1, -0.05) is 42.5 Å². The third kappa shape index (κ3) is 3.92. The summed E-state index contributed by atoms with van der Waals surface area (Å²) in [4.78, 5) is 13.6. The Morgan fingerprint density at radius 1 is 1.15 bits per heavy atom. The van der Waals surface area contributed by atoms with Crippen LogP contribution in [-0.2, 0) is 16.9 Å². The molecule has 1 heterocycles. The van der Waals surface area contributed by atoms with Gasteiger partial charge in [0.15, 0.2) is 5.60 Å². The molecule has 0 aromatic heterocycles. The van der Waals surface area contributed by atoms with Crippen LogP contribution in [0.15, 0.2) is 54.6 Å². The van der Waals surface area contributed by atoms with Gasteiger partial charge in [0.1, 0.15) is 5.75 Å². The van der Waals surface area contributed by atoms with Crippen LogP contribution in [0.4, 0.5) is 18.0 Å². The van der Waals surface area contributed by atoms with Crippen LogP contribution < -0.4 is 4.74 Å². The van der Waals surface area contributed by atoms with Crippen LogP contribution in [-0.4, -0.2) is 30.8 Å². The fourth-order valence-corrected chi connectivity index (χ4v) is 3.14. The molecule has 1 fully saturated rings. The minimum Gasteiger partial charge on any atom is -0.497 e. The normalized spacial score (nSPS) is 20.2. The number of ether oxygens (including phenoxy) is 2. The summed E-state index contributed by atoms with van der Waals surface area (Å²) >= 11 is 0. The molecular weight excluding hydrogens is 347 g/mol. The average Bonchev–Trinajstić information content (AvgIpc) is 2.90. The van der Waals surface area contributed by atoms with E-state index in [1.54, 1.807) is 12.1 Å². The fraction of sp³-hybridized carbons (Fsp3) is 0.316. The number of carbonyl (C=O) groups is 1. The first-order valence-corrected chi connectivity index (χ1v) is 8.04. The molecule has 0 aliphatic carbocycles. The van der Waals surface area contributed by atoms with Crippen LogP contribution in [0.1, 0.15) is 17.5 Å². The Balaban J connectivity index is 1.93. The van der Waals surface area contributed by atoms with Gasteiger partial charge >= 0.3 is 12.3 Å². The molecule has 0 bridgehead atoms. The Morgan fingerprint density at radius 2 is 1.88 bits per heavy atom. The number of cyclic esters (lactones) is 1. The van der Waals surface area contributed by atoms with Gasteiger partial charge in [0.2, 0.25) is 0 Å². The second kappa shape index (κ2) is 6.90. The third-order valence-electron chi connectivity index (χ3n) is 4.29. The predicted molar refractivity (Wildman–Crippen MR) is 88.7 cm³/mol. The zero-order valence-corrected chi connectivity index (χ0v) is 14.1. The number of rotatable bonds is 5. The Bertz CT molecular complexity index is 779. The van der Waals surface area contributed by atoms with E-state index in [0.717, 1.165) is 5.56 Å². The molecular formula is C19H18F3NO3. The van der Waals surface area contributed by atoms with E-state index in [2.05, 4.69) is 0 Å². The van der Waals surface area contributed by atoms with Gasteiger partial charge in [0.05, 0.1) is 20.1 Å². The highest BCUT2D eigenvalue weighted by atomic mass is 19.4. The first-order valence-electron chi connectivity index (χ1n) is 8.04. The van der Waals surface area contributed by atoms with E-state index in [-0.39, 0.29) is 18.7 Å². The van der Waals surface area contributed by atoms with Crippen molar-refractivity contribution in [3.8, 4) is 5.75 Å². The lowest BCUT2D eigenvalue weighted by atomic mass is 9.89. The maximum absolute atomic E-state index is 13.3. The molecule has 0 N–H and O–H groups in total. The summed E-state index contributed by atoms with van der Waals surface area (Å²) in [6, 6.07) is 15.3. The third-order valence-corrected chi connectivity index (χ3v) is 4.29. The summed E-state index contributed by atoms with van der Waals surface area (Å²) in [5.41, 5.74) is -0.713. The molecule has 0 radical (unpaired) electrons. The highest BCUT2D eigenvalue weighted by Crippen LogP contribution is 2.43. The van der Waals surface area contributed by atoms with Crippen molar-refractivity contribution in [1.82, 2.24) is 4.90 Å². The van der Waals surface area contributed by atoms with Crippen molar-refractivity contribution < 1.29 is 27.4 Å². The van der Waals surface area contributed by atoms with Gasteiger partial charge in [-0.3, -0.25) is 4.90 Å². The molecule has 26 heavy (non-hydrogen) atoms. The second-order valence-corrected chi connectivity index (χ2v) is 6.23. The Morgan fingerprint density at radius 3 is 2.54 bits per heavy atom. The summed E-state index contributed by atoms with van der Waals surface area (Å²) in [7, 11) is 1.43. The van der Waals surface area contributed by atoms with Crippen LogP contribution in [0.5, 0.6) is 5.75 Å². The van der Waals surface area contributed by atoms with Crippen molar-refractivity contribution in [2.75, 3.05) is 13.7 Å². The lowest BCUT2D eigenvalue weighted by Crippen LogP contribution is -2.36. The largest absolute Gasteiger partial charge is 0.497 e. The van der Waals surface area contributed by atoms with E-state index in [1.807, 2.05) is 30.3 Å². The molecule has 2 aromatic carbocycles. The minimum absolute atomic E-state index is 0.184. The first-order chi connectivity index (χ1) is 12.3. The standard InChI is InChI=1S/C19H18F3NO3/c1-25-16-9-5-8-15(10-16)18(12-19(20,21)22)13-23(17(24)26-18)11-14-6-3-2-4-7-14/h2-10H,11-13H2,1H3. The van der Waals surface area contributed by atoms with E-state index in [9.17, 15) is 18.0 Å². The van der Waals surface area contributed by atoms with Gasteiger partial charge in [0.25, 0.3) is 0 Å². The summed E-state index contributed by atoms with van der Waals surface area (Å²) < 4.78 is 50.2. The maximum atomic E-state index is 13.3. The number of nitrogens with zero attached hydrogens (tertiary/aromatic N) is 1. The molecule has 2 aromatic rings. The maximum Gasteiger partial charge on any atom is 0.411 e. The second-order valence-electron chi connectivity index (χ2n) is 6.23. The number of methoxy groups -OCH3 is 1. The van der Waals surface area contributed by atoms with Crippen LogP contribution in [0, 0.1) is 0 Å². The molecule has 7 heteroatoms. The fourth-order valence-electron chi connectivity index (χ4n) is 3.14. The number of halogens is 3. The minimum atomic E-state index is -4.49. The van der Waals surface area contributed by atoms with Crippen LogP contribution in [0.2, 0.25) is 0 Å². The molecule has 0 spiro atoms. The van der Waals surface area contributed by atoms with Gasteiger partial charge in [-0.2, -0.15) is 13.2 Å². The molecule has 1 amide bonds. The van der Waals surface area contributed by atoms with Gasteiger partial charge in [0, 0.05) is 12.1 Å². The van der Waals surface area contributed by atoms with E-state index < -0.39 is 24.3 Å².